The Morgan fingerprint density at radius 3 is 2.46 bits per heavy atom. The molecule has 214 valence electrons. The number of carbonyl (C=O) groups excluding carboxylic acids is 2. The number of aromatic nitrogens is 2. The standard InChI is InChI=1S/C26H20F5N5O4S/c27-9-24(22(32)38)11-40-20-15(24)8-18(36-19(20)12-1-4-14(28)5-2-12)25(39,26(29,30)31)10-34-21(37)13-3-6-16-17(7-13)41-23(33)35-16/h1-8,39H,9-11H2,(H2,32,38)(H2,33,35)(H,34,37)/t24-,25-/m0/s1. The van der Waals surface area contributed by atoms with E-state index >= 15 is 0 Å². The third-order valence-corrected chi connectivity index (χ3v) is 7.68. The maximum Gasteiger partial charge on any atom is 0.424 e. The molecule has 41 heavy (non-hydrogen) atoms. The zero-order valence-corrected chi connectivity index (χ0v) is 21.6. The number of alkyl halides is 4. The molecule has 2 atom stereocenters. The molecule has 9 nitrogen and oxygen atoms in total. The minimum atomic E-state index is -5.43. The van der Waals surface area contributed by atoms with E-state index in [0.29, 0.717) is 16.3 Å². The van der Waals surface area contributed by atoms with Crippen LogP contribution in [0, 0.1) is 5.82 Å². The molecule has 0 saturated carbocycles. The smallest absolute Gasteiger partial charge is 0.424 e. The number of rotatable bonds is 7. The number of ether oxygens (including phenoxy) is 1. The van der Waals surface area contributed by atoms with E-state index in [9.17, 15) is 36.6 Å². The number of anilines is 1. The number of carbonyl (C=O) groups is 2. The summed E-state index contributed by atoms with van der Waals surface area (Å²) in [5, 5.41) is 13.4. The summed E-state index contributed by atoms with van der Waals surface area (Å²) in [7, 11) is 0. The molecule has 2 aromatic heterocycles. The molecule has 0 aliphatic carbocycles. The molecule has 0 unspecified atom stereocenters. The second kappa shape index (κ2) is 9.92. The average Bonchev–Trinajstić information content (AvgIpc) is 3.50. The molecule has 5 rings (SSSR count). The molecule has 15 heteroatoms. The fraction of sp³-hybridized carbons (Fsp3) is 0.231. The van der Waals surface area contributed by atoms with Crippen LogP contribution in [0.4, 0.5) is 27.1 Å². The van der Waals surface area contributed by atoms with Gasteiger partial charge in [-0.25, -0.2) is 18.7 Å². The quantitative estimate of drug-likeness (QED) is 0.240. The normalized spacial score (nSPS) is 18.0. The van der Waals surface area contributed by atoms with Crippen LogP contribution in [0.5, 0.6) is 5.75 Å². The van der Waals surface area contributed by atoms with E-state index in [4.69, 9.17) is 16.2 Å². The van der Waals surface area contributed by atoms with Crippen molar-refractivity contribution < 1.29 is 41.4 Å². The van der Waals surface area contributed by atoms with Crippen LogP contribution in [-0.4, -0.2) is 52.9 Å². The Bertz CT molecular complexity index is 1680. The van der Waals surface area contributed by atoms with Crippen LogP contribution < -0.4 is 21.5 Å². The van der Waals surface area contributed by atoms with Gasteiger partial charge in [0.2, 0.25) is 11.5 Å². The van der Waals surface area contributed by atoms with E-state index in [1.807, 2.05) is 0 Å². The van der Waals surface area contributed by atoms with Gasteiger partial charge in [-0.3, -0.25) is 9.59 Å². The van der Waals surface area contributed by atoms with Crippen molar-refractivity contribution in [2.45, 2.75) is 17.2 Å². The van der Waals surface area contributed by atoms with Crippen LogP contribution in [0.3, 0.4) is 0 Å². The second-order valence-corrected chi connectivity index (χ2v) is 10.4. The Balaban J connectivity index is 1.60. The van der Waals surface area contributed by atoms with Gasteiger partial charge in [0.1, 0.15) is 36.0 Å². The van der Waals surface area contributed by atoms with Crippen molar-refractivity contribution in [1.82, 2.24) is 15.3 Å². The Labute approximate surface area is 232 Å². The number of benzene rings is 2. The molecule has 0 saturated heterocycles. The maximum atomic E-state index is 14.5. The molecule has 0 fully saturated rings. The van der Waals surface area contributed by atoms with Crippen molar-refractivity contribution in [1.29, 1.82) is 0 Å². The van der Waals surface area contributed by atoms with Crippen LogP contribution in [-0.2, 0) is 15.8 Å². The Kier molecular flexibility index (Phi) is 6.82. The van der Waals surface area contributed by atoms with Crippen molar-refractivity contribution in [2.75, 3.05) is 25.6 Å². The molecule has 6 N–H and O–H groups in total. The monoisotopic (exact) mass is 593 g/mol. The van der Waals surface area contributed by atoms with Crippen molar-refractivity contribution in [2.24, 2.45) is 5.73 Å². The summed E-state index contributed by atoms with van der Waals surface area (Å²) < 4.78 is 77.4. The number of nitrogens with zero attached hydrogens (tertiary/aromatic N) is 2. The van der Waals surface area contributed by atoms with E-state index in [-0.39, 0.29) is 33.3 Å². The first kappa shape index (κ1) is 28.2. The fourth-order valence-corrected chi connectivity index (χ4v) is 5.21. The first-order chi connectivity index (χ1) is 19.3. The van der Waals surface area contributed by atoms with Crippen molar-refractivity contribution >= 4 is 38.5 Å². The topological polar surface area (TPSA) is 153 Å². The lowest BCUT2D eigenvalue weighted by Gasteiger charge is -2.31. The average molecular weight is 594 g/mol. The molecule has 1 aliphatic heterocycles. The SMILES string of the molecule is NC(=O)[C@@]1(CF)COc2c1cc([C@@](O)(CNC(=O)c1ccc3nc(N)sc3c1)C(F)(F)F)nc2-c1ccc(F)cc1. The van der Waals surface area contributed by atoms with E-state index < -0.39 is 60.3 Å². The van der Waals surface area contributed by atoms with Gasteiger partial charge in [-0.1, -0.05) is 11.3 Å². The number of primary amides is 1. The summed E-state index contributed by atoms with van der Waals surface area (Å²) in [4.78, 5) is 33.2. The minimum Gasteiger partial charge on any atom is -0.489 e. The molecule has 2 aromatic carbocycles. The summed E-state index contributed by atoms with van der Waals surface area (Å²) in [6.07, 6.45) is -5.43. The molecule has 1 aliphatic rings. The third-order valence-electron chi connectivity index (χ3n) is 6.83. The zero-order valence-electron chi connectivity index (χ0n) is 20.8. The number of nitrogens with one attached hydrogen (secondary N) is 1. The summed E-state index contributed by atoms with van der Waals surface area (Å²) in [5.74, 6) is -3.09. The number of amides is 2. The Morgan fingerprint density at radius 1 is 1.12 bits per heavy atom. The molecular weight excluding hydrogens is 573 g/mol. The highest BCUT2D eigenvalue weighted by atomic mass is 32.1. The van der Waals surface area contributed by atoms with Gasteiger partial charge in [0.15, 0.2) is 5.13 Å². The van der Waals surface area contributed by atoms with E-state index in [2.05, 4.69) is 15.3 Å². The Morgan fingerprint density at radius 2 is 1.83 bits per heavy atom. The van der Waals surface area contributed by atoms with Gasteiger partial charge in [0, 0.05) is 16.7 Å². The van der Waals surface area contributed by atoms with Crippen molar-refractivity contribution in [3.05, 3.63) is 71.2 Å². The summed E-state index contributed by atoms with van der Waals surface area (Å²) in [6, 6.07) is 9.23. The van der Waals surface area contributed by atoms with Gasteiger partial charge in [0.05, 0.1) is 22.5 Å². The summed E-state index contributed by atoms with van der Waals surface area (Å²) in [6.45, 7) is -3.47. The second-order valence-electron chi connectivity index (χ2n) is 9.38. The first-order valence-electron chi connectivity index (χ1n) is 11.8. The number of aliphatic hydroxyl groups is 1. The van der Waals surface area contributed by atoms with E-state index in [1.165, 1.54) is 30.3 Å². The van der Waals surface area contributed by atoms with Crippen molar-refractivity contribution in [3.63, 3.8) is 0 Å². The van der Waals surface area contributed by atoms with Crippen LogP contribution in [0.25, 0.3) is 21.5 Å². The largest absolute Gasteiger partial charge is 0.489 e. The van der Waals surface area contributed by atoms with Gasteiger partial charge in [-0.2, -0.15) is 13.2 Å². The van der Waals surface area contributed by atoms with Crippen molar-refractivity contribution in [3.8, 4) is 17.0 Å². The lowest BCUT2D eigenvalue weighted by Crippen LogP contribution is -2.52. The highest BCUT2D eigenvalue weighted by molar-refractivity contribution is 7.22. The number of halogens is 5. The van der Waals surface area contributed by atoms with Gasteiger partial charge < -0.3 is 26.6 Å². The van der Waals surface area contributed by atoms with Gasteiger partial charge in [-0.05, 0) is 48.5 Å². The van der Waals surface area contributed by atoms with Crippen LogP contribution in [0.1, 0.15) is 21.6 Å². The van der Waals surface area contributed by atoms with Gasteiger partial charge in [-0.15, -0.1) is 0 Å². The number of fused-ring (bicyclic) bond motifs is 2. The first-order valence-corrected chi connectivity index (χ1v) is 12.6. The highest BCUT2D eigenvalue weighted by Crippen LogP contribution is 2.48. The summed E-state index contributed by atoms with van der Waals surface area (Å²) >= 11 is 1.07. The van der Waals surface area contributed by atoms with Crippen LogP contribution >= 0.6 is 11.3 Å². The summed E-state index contributed by atoms with van der Waals surface area (Å²) in [5.41, 5.74) is 3.82. The molecular formula is C26H20F5N5O4S. The highest BCUT2D eigenvalue weighted by Gasteiger charge is 2.58. The molecule has 0 bridgehead atoms. The number of hydrogen-bond donors (Lipinski definition) is 4. The van der Waals surface area contributed by atoms with Crippen LogP contribution in [0.2, 0.25) is 0 Å². The lowest BCUT2D eigenvalue weighted by atomic mass is 9.81. The van der Waals surface area contributed by atoms with E-state index in [0.717, 1.165) is 23.5 Å². The number of nitrogens with two attached hydrogens (primary N) is 2. The number of hydrogen-bond acceptors (Lipinski definition) is 8. The number of pyridine rings is 1. The molecule has 4 aromatic rings. The fourth-order valence-electron chi connectivity index (χ4n) is 4.43. The predicted octanol–water partition coefficient (Wildman–Crippen LogP) is 3.34. The predicted molar refractivity (Wildman–Crippen MR) is 138 cm³/mol. The molecule has 0 radical (unpaired) electrons. The van der Waals surface area contributed by atoms with Gasteiger partial charge >= 0.3 is 6.18 Å². The molecule has 2 amide bonds. The Hall–Kier alpha value is -4.37. The van der Waals surface area contributed by atoms with Gasteiger partial charge in [0.25, 0.3) is 5.91 Å². The number of nitrogen functional groups attached to an aromatic ring is 1. The third kappa shape index (κ3) is 4.70. The minimum absolute atomic E-state index is 0.0295. The lowest BCUT2D eigenvalue weighted by molar-refractivity contribution is -0.265. The maximum absolute atomic E-state index is 14.5. The molecule has 3 heterocycles. The van der Waals surface area contributed by atoms with E-state index in [1.54, 1.807) is 0 Å². The number of thiazole rings is 1. The van der Waals surface area contributed by atoms with Crippen LogP contribution in [0.15, 0.2) is 48.5 Å². The molecule has 0 spiro atoms. The zero-order chi connectivity index (χ0) is 29.7.